The number of imidazole rings is 1. The van der Waals surface area contributed by atoms with Crippen molar-refractivity contribution in [3.8, 4) is 0 Å². The zero-order chi connectivity index (χ0) is 8.39. The van der Waals surface area contributed by atoms with Crippen molar-refractivity contribution in [3.05, 3.63) is 17.1 Å². The van der Waals surface area contributed by atoms with E-state index in [1.165, 1.54) is 0 Å². The highest BCUT2D eigenvalue weighted by molar-refractivity contribution is 9.10. The van der Waals surface area contributed by atoms with Crippen LogP contribution in [-0.4, -0.2) is 22.8 Å². The molecule has 1 aromatic heterocycles. The Balaban J connectivity index is 2.13. The molecule has 2 heterocycles. The lowest BCUT2D eigenvalue weighted by atomic mass is 10.1. The van der Waals surface area contributed by atoms with Crippen LogP contribution in [-0.2, 0) is 4.74 Å². The molecule has 4 heteroatoms. The highest BCUT2D eigenvalue weighted by Crippen LogP contribution is 2.23. The number of hydrogen-bond acceptors (Lipinski definition) is 2. The highest BCUT2D eigenvalue weighted by atomic mass is 79.9. The third-order valence-electron chi connectivity index (χ3n) is 2.21. The SMILES string of the molecule is Brc1nccn1C1CCOCC1. The van der Waals surface area contributed by atoms with Crippen LogP contribution in [0.15, 0.2) is 17.1 Å². The van der Waals surface area contributed by atoms with Crippen molar-refractivity contribution < 1.29 is 4.74 Å². The maximum absolute atomic E-state index is 5.29. The summed E-state index contributed by atoms with van der Waals surface area (Å²) in [5.74, 6) is 0. The summed E-state index contributed by atoms with van der Waals surface area (Å²) in [4.78, 5) is 4.13. The molecule has 1 aliphatic rings. The second kappa shape index (κ2) is 3.58. The van der Waals surface area contributed by atoms with E-state index in [1.807, 2.05) is 12.4 Å². The zero-order valence-electron chi connectivity index (χ0n) is 6.74. The number of hydrogen-bond donors (Lipinski definition) is 0. The standard InChI is InChI=1S/C8H11BrN2O/c9-8-10-3-4-11(8)7-1-5-12-6-2-7/h3-4,7H,1-2,5-6H2. The molecular weight excluding hydrogens is 220 g/mol. The molecule has 0 spiro atoms. The van der Waals surface area contributed by atoms with Crippen molar-refractivity contribution >= 4 is 15.9 Å². The maximum Gasteiger partial charge on any atom is 0.177 e. The second-order valence-corrected chi connectivity index (χ2v) is 3.66. The molecule has 0 bridgehead atoms. The van der Waals surface area contributed by atoms with Crippen molar-refractivity contribution in [2.75, 3.05) is 13.2 Å². The molecule has 12 heavy (non-hydrogen) atoms. The van der Waals surface area contributed by atoms with Crippen molar-refractivity contribution in [3.63, 3.8) is 0 Å². The fourth-order valence-corrected chi connectivity index (χ4v) is 2.06. The molecule has 0 amide bonds. The molecule has 0 aromatic carbocycles. The van der Waals surface area contributed by atoms with Crippen molar-refractivity contribution in [2.24, 2.45) is 0 Å². The maximum atomic E-state index is 5.29. The smallest absolute Gasteiger partial charge is 0.177 e. The van der Waals surface area contributed by atoms with Crippen LogP contribution in [0.1, 0.15) is 18.9 Å². The van der Waals surface area contributed by atoms with Crippen LogP contribution in [0, 0.1) is 0 Å². The summed E-state index contributed by atoms with van der Waals surface area (Å²) in [6, 6.07) is 0.565. The number of aromatic nitrogens is 2. The minimum Gasteiger partial charge on any atom is -0.381 e. The minimum atomic E-state index is 0.565. The summed E-state index contributed by atoms with van der Waals surface area (Å²) in [6.45, 7) is 1.74. The predicted octanol–water partition coefficient (Wildman–Crippen LogP) is 2.00. The van der Waals surface area contributed by atoms with E-state index in [0.717, 1.165) is 30.8 Å². The Morgan fingerprint density at radius 3 is 2.83 bits per heavy atom. The van der Waals surface area contributed by atoms with Crippen molar-refractivity contribution in [1.29, 1.82) is 0 Å². The summed E-state index contributed by atoms with van der Waals surface area (Å²) in [6.07, 6.45) is 6.02. The van der Waals surface area contributed by atoms with Gasteiger partial charge in [0.2, 0.25) is 0 Å². The van der Waals surface area contributed by atoms with Crippen LogP contribution in [0.25, 0.3) is 0 Å². The van der Waals surface area contributed by atoms with E-state index in [2.05, 4.69) is 25.5 Å². The van der Waals surface area contributed by atoms with Crippen molar-refractivity contribution in [2.45, 2.75) is 18.9 Å². The average Bonchev–Trinajstić information content (AvgIpc) is 2.53. The third-order valence-corrected chi connectivity index (χ3v) is 2.82. The fourth-order valence-electron chi connectivity index (χ4n) is 1.53. The van der Waals surface area contributed by atoms with Gasteiger partial charge in [-0.05, 0) is 28.8 Å². The minimum absolute atomic E-state index is 0.565. The zero-order valence-corrected chi connectivity index (χ0v) is 8.33. The Morgan fingerprint density at radius 1 is 1.50 bits per heavy atom. The largest absolute Gasteiger partial charge is 0.381 e. The molecule has 0 radical (unpaired) electrons. The second-order valence-electron chi connectivity index (χ2n) is 2.95. The fraction of sp³-hybridized carbons (Fsp3) is 0.625. The number of nitrogens with zero attached hydrogens (tertiary/aromatic N) is 2. The van der Waals surface area contributed by atoms with Gasteiger partial charge in [-0.3, -0.25) is 0 Å². The van der Waals surface area contributed by atoms with Gasteiger partial charge in [-0.25, -0.2) is 4.98 Å². The van der Waals surface area contributed by atoms with E-state index in [0.29, 0.717) is 6.04 Å². The molecule has 0 aliphatic carbocycles. The van der Waals surface area contributed by atoms with Crippen LogP contribution in [0.4, 0.5) is 0 Å². The molecule has 0 saturated carbocycles. The van der Waals surface area contributed by atoms with Gasteiger partial charge in [0.25, 0.3) is 0 Å². The van der Waals surface area contributed by atoms with Gasteiger partial charge in [0.1, 0.15) is 0 Å². The average molecular weight is 231 g/mol. The van der Waals surface area contributed by atoms with Crippen molar-refractivity contribution in [1.82, 2.24) is 9.55 Å². The van der Waals surface area contributed by atoms with Crippen LogP contribution in [0.2, 0.25) is 0 Å². The molecule has 0 unspecified atom stereocenters. The molecule has 3 nitrogen and oxygen atoms in total. The van der Waals surface area contributed by atoms with Crippen LogP contribution < -0.4 is 0 Å². The first-order valence-electron chi connectivity index (χ1n) is 4.14. The Labute approximate surface area is 79.9 Å². The lowest BCUT2D eigenvalue weighted by molar-refractivity contribution is 0.0690. The summed E-state index contributed by atoms with van der Waals surface area (Å²) < 4.78 is 8.38. The van der Waals surface area contributed by atoms with Gasteiger partial charge in [-0.1, -0.05) is 0 Å². The Kier molecular flexibility index (Phi) is 2.46. The van der Waals surface area contributed by atoms with E-state index < -0.39 is 0 Å². The number of halogens is 1. The third kappa shape index (κ3) is 1.54. The topological polar surface area (TPSA) is 27.1 Å². The number of ether oxygens (including phenoxy) is 1. The highest BCUT2D eigenvalue weighted by Gasteiger charge is 2.16. The monoisotopic (exact) mass is 230 g/mol. The molecule has 1 saturated heterocycles. The molecular formula is C8H11BrN2O. The van der Waals surface area contributed by atoms with Gasteiger partial charge in [0.15, 0.2) is 4.73 Å². The van der Waals surface area contributed by atoms with E-state index >= 15 is 0 Å². The van der Waals surface area contributed by atoms with E-state index in [4.69, 9.17) is 4.74 Å². The molecule has 1 fully saturated rings. The van der Waals surface area contributed by atoms with Gasteiger partial charge in [-0.15, -0.1) is 0 Å². The van der Waals surface area contributed by atoms with Crippen LogP contribution in [0.5, 0.6) is 0 Å². The summed E-state index contributed by atoms with van der Waals surface area (Å²) in [7, 11) is 0. The molecule has 0 N–H and O–H groups in total. The van der Waals surface area contributed by atoms with E-state index in [-0.39, 0.29) is 0 Å². The van der Waals surface area contributed by atoms with Crippen LogP contribution in [0.3, 0.4) is 0 Å². The summed E-state index contributed by atoms with van der Waals surface area (Å²) >= 11 is 3.41. The normalized spacial score (nSPS) is 19.8. The summed E-state index contributed by atoms with van der Waals surface area (Å²) in [5, 5.41) is 0. The first-order chi connectivity index (χ1) is 5.88. The van der Waals surface area contributed by atoms with Crippen LogP contribution >= 0.6 is 15.9 Å². The lowest BCUT2D eigenvalue weighted by Crippen LogP contribution is -2.19. The molecule has 66 valence electrons. The quantitative estimate of drug-likeness (QED) is 0.739. The molecule has 2 rings (SSSR count). The predicted molar refractivity (Wildman–Crippen MR) is 49.0 cm³/mol. The van der Waals surface area contributed by atoms with Gasteiger partial charge < -0.3 is 9.30 Å². The Morgan fingerprint density at radius 2 is 2.25 bits per heavy atom. The lowest BCUT2D eigenvalue weighted by Gasteiger charge is -2.23. The molecule has 0 atom stereocenters. The van der Waals surface area contributed by atoms with Gasteiger partial charge in [0.05, 0.1) is 0 Å². The molecule has 1 aromatic rings. The first-order valence-corrected chi connectivity index (χ1v) is 4.93. The van der Waals surface area contributed by atoms with E-state index in [9.17, 15) is 0 Å². The number of rotatable bonds is 1. The van der Waals surface area contributed by atoms with Gasteiger partial charge in [0, 0.05) is 31.6 Å². The molecule has 1 aliphatic heterocycles. The first kappa shape index (κ1) is 8.26. The summed E-state index contributed by atoms with van der Waals surface area (Å²) in [5.41, 5.74) is 0. The Bertz CT molecular complexity index is 255. The Hall–Kier alpha value is -0.350. The van der Waals surface area contributed by atoms with Gasteiger partial charge in [-0.2, -0.15) is 0 Å². The van der Waals surface area contributed by atoms with E-state index in [1.54, 1.807) is 0 Å². The van der Waals surface area contributed by atoms with Gasteiger partial charge >= 0.3 is 0 Å².